The number of nitrogens with one attached hydrogen (secondary N) is 1. The van der Waals surface area contributed by atoms with Gasteiger partial charge in [0.2, 0.25) is 0 Å². The van der Waals surface area contributed by atoms with Crippen molar-refractivity contribution in [2.45, 2.75) is 6.54 Å². The molecule has 0 saturated heterocycles. The molecule has 0 aliphatic rings. The van der Waals surface area contributed by atoms with E-state index in [1.165, 1.54) is 6.20 Å². The minimum atomic E-state index is -0.140. The molecule has 0 saturated carbocycles. The summed E-state index contributed by atoms with van der Waals surface area (Å²) in [6, 6.07) is 1.61. The van der Waals surface area contributed by atoms with Crippen molar-refractivity contribution in [2.75, 3.05) is 7.05 Å². The first kappa shape index (κ1) is 11.6. The Morgan fingerprint density at radius 2 is 2.35 bits per heavy atom. The minimum Gasteiger partial charge on any atom is -0.337 e. The first-order valence-corrected chi connectivity index (χ1v) is 5.39. The van der Waals surface area contributed by atoms with E-state index in [1.807, 2.05) is 0 Å². The van der Waals surface area contributed by atoms with Crippen LogP contribution in [0.5, 0.6) is 0 Å². The zero-order chi connectivity index (χ0) is 12.3. The molecule has 17 heavy (non-hydrogen) atoms. The third-order valence-electron chi connectivity index (χ3n) is 2.32. The van der Waals surface area contributed by atoms with Gasteiger partial charge in [0.15, 0.2) is 0 Å². The summed E-state index contributed by atoms with van der Waals surface area (Å²) in [5.41, 5.74) is 1.39. The Morgan fingerprint density at radius 1 is 1.53 bits per heavy atom. The average Bonchev–Trinajstić information content (AvgIpc) is 2.81. The van der Waals surface area contributed by atoms with E-state index in [9.17, 15) is 4.79 Å². The lowest BCUT2D eigenvalue weighted by molar-refractivity contribution is 0.0785. The molecule has 0 spiro atoms. The fraction of sp³-hybridized carbons (Fsp3) is 0.182. The number of H-pyrrole nitrogens is 1. The van der Waals surface area contributed by atoms with Crippen LogP contribution in [0.4, 0.5) is 0 Å². The summed E-state index contributed by atoms with van der Waals surface area (Å²) in [5.74, 6) is -0.140. The van der Waals surface area contributed by atoms with Gasteiger partial charge in [-0.1, -0.05) is 11.6 Å². The summed E-state index contributed by atoms with van der Waals surface area (Å²) in [5, 5.41) is 6.88. The molecular formula is C11H11ClN4O. The van der Waals surface area contributed by atoms with Gasteiger partial charge in [-0.25, -0.2) is 0 Å². The van der Waals surface area contributed by atoms with Gasteiger partial charge in [-0.2, -0.15) is 5.10 Å². The number of carbonyl (C=O) groups is 1. The smallest absolute Gasteiger partial charge is 0.255 e. The van der Waals surface area contributed by atoms with Crippen molar-refractivity contribution < 1.29 is 4.79 Å². The van der Waals surface area contributed by atoms with Gasteiger partial charge in [-0.05, 0) is 6.07 Å². The van der Waals surface area contributed by atoms with Crippen molar-refractivity contribution in [3.05, 3.63) is 47.0 Å². The quantitative estimate of drug-likeness (QED) is 0.902. The Balaban J connectivity index is 2.13. The monoisotopic (exact) mass is 250 g/mol. The zero-order valence-corrected chi connectivity index (χ0v) is 9.98. The van der Waals surface area contributed by atoms with E-state index in [4.69, 9.17) is 11.6 Å². The molecule has 0 fully saturated rings. The predicted molar refractivity (Wildman–Crippen MR) is 63.6 cm³/mol. The molecule has 6 heteroatoms. The Kier molecular flexibility index (Phi) is 3.39. The second-order valence-electron chi connectivity index (χ2n) is 3.62. The highest BCUT2D eigenvalue weighted by atomic mass is 35.5. The van der Waals surface area contributed by atoms with Crippen LogP contribution in [0.25, 0.3) is 0 Å². The standard InChI is InChI=1S/C11H11ClN4O/c1-16(7-8-4-14-15-5-8)11(17)9-2-3-13-6-10(9)12/h2-6H,7H2,1H3,(H,14,15). The molecule has 2 aromatic heterocycles. The number of hydrogen-bond donors (Lipinski definition) is 1. The lowest BCUT2D eigenvalue weighted by Gasteiger charge is -2.16. The third-order valence-corrected chi connectivity index (χ3v) is 2.63. The van der Waals surface area contributed by atoms with Gasteiger partial charge < -0.3 is 4.90 Å². The number of aromatic amines is 1. The highest BCUT2D eigenvalue weighted by Gasteiger charge is 2.15. The fourth-order valence-electron chi connectivity index (χ4n) is 1.46. The van der Waals surface area contributed by atoms with Crippen molar-refractivity contribution in [3.8, 4) is 0 Å². The van der Waals surface area contributed by atoms with Gasteiger partial charge in [-0.3, -0.25) is 14.9 Å². The normalized spacial score (nSPS) is 10.2. The zero-order valence-electron chi connectivity index (χ0n) is 9.22. The van der Waals surface area contributed by atoms with E-state index in [2.05, 4.69) is 15.2 Å². The van der Waals surface area contributed by atoms with Gasteiger partial charge in [-0.15, -0.1) is 0 Å². The first-order valence-electron chi connectivity index (χ1n) is 5.01. The van der Waals surface area contributed by atoms with Gasteiger partial charge >= 0.3 is 0 Å². The lowest BCUT2D eigenvalue weighted by atomic mass is 10.2. The fourth-order valence-corrected chi connectivity index (χ4v) is 1.66. The van der Waals surface area contributed by atoms with Crippen molar-refractivity contribution in [1.82, 2.24) is 20.1 Å². The molecule has 0 bridgehead atoms. The Hall–Kier alpha value is -1.88. The summed E-state index contributed by atoms with van der Waals surface area (Å²) in [7, 11) is 1.71. The Bertz CT molecular complexity index is 512. The van der Waals surface area contributed by atoms with Crippen LogP contribution in [-0.4, -0.2) is 33.0 Å². The summed E-state index contributed by atoms with van der Waals surface area (Å²) < 4.78 is 0. The molecule has 0 aliphatic carbocycles. The topological polar surface area (TPSA) is 61.9 Å². The van der Waals surface area contributed by atoms with Crippen LogP contribution in [-0.2, 0) is 6.54 Å². The van der Waals surface area contributed by atoms with Crippen LogP contribution in [0.2, 0.25) is 5.02 Å². The summed E-state index contributed by atoms with van der Waals surface area (Å²) in [4.78, 5) is 17.5. The second-order valence-corrected chi connectivity index (χ2v) is 4.03. The minimum absolute atomic E-state index is 0.140. The summed E-state index contributed by atoms with van der Waals surface area (Å²) >= 11 is 5.92. The number of nitrogens with zero attached hydrogens (tertiary/aromatic N) is 3. The molecule has 0 unspecified atom stereocenters. The first-order chi connectivity index (χ1) is 8.18. The van der Waals surface area contributed by atoms with E-state index < -0.39 is 0 Å². The van der Waals surface area contributed by atoms with Crippen molar-refractivity contribution >= 4 is 17.5 Å². The molecule has 2 aromatic rings. The largest absolute Gasteiger partial charge is 0.337 e. The highest BCUT2D eigenvalue weighted by molar-refractivity contribution is 6.33. The number of aromatic nitrogens is 3. The Labute approximate surface area is 103 Å². The molecule has 1 amide bonds. The maximum absolute atomic E-state index is 12.1. The van der Waals surface area contributed by atoms with Crippen molar-refractivity contribution in [1.29, 1.82) is 0 Å². The molecule has 0 radical (unpaired) electrons. The SMILES string of the molecule is CN(Cc1cn[nH]c1)C(=O)c1ccncc1Cl. The van der Waals surface area contributed by atoms with Gasteiger partial charge in [0, 0.05) is 37.7 Å². The molecule has 88 valence electrons. The van der Waals surface area contributed by atoms with Crippen LogP contribution in [0.15, 0.2) is 30.9 Å². The average molecular weight is 251 g/mol. The van der Waals surface area contributed by atoms with Crippen molar-refractivity contribution in [3.63, 3.8) is 0 Å². The predicted octanol–water partition coefficient (Wildman–Crippen LogP) is 1.73. The maximum atomic E-state index is 12.1. The molecule has 2 rings (SSSR count). The maximum Gasteiger partial charge on any atom is 0.255 e. The number of carbonyl (C=O) groups excluding carboxylic acids is 1. The Morgan fingerprint density at radius 3 is 3.00 bits per heavy atom. The molecule has 5 nitrogen and oxygen atoms in total. The number of amides is 1. The third kappa shape index (κ3) is 2.62. The summed E-state index contributed by atoms with van der Waals surface area (Å²) in [6.45, 7) is 0.480. The van der Waals surface area contributed by atoms with E-state index in [0.717, 1.165) is 5.56 Å². The van der Waals surface area contributed by atoms with E-state index >= 15 is 0 Å². The second kappa shape index (κ2) is 4.97. The molecule has 0 aliphatic heterocycles. The van der Waals surface area contributed by atoms with Crippen LogP contribution in [0, 0.1) is 0 Å². The number of rotatable bonds is 3. The lowest BCUT2D eigenvalue weighted by Crippen LogP contribution is -2.26. The molecule has 1 N–H and O–H groups in total. The van der Waals surface area contributed by atoms with Gasteiger partial charge in [0.05, 0.1) is 16.8 Å². The van der Waals surface area contributed by atoms with Crippen LogP contribution in [0.3, 0.4) is 0 Å². The van der Waals surface area contributed by atoms with E-state index in [1.54, 1.807) is 36.6 Å². The van der Waals surface area contributed by atoms with Gasteiger partial charge in [0.1, 0.15) is 0 Å². The van der Waals surface area contributed by atoms with E-state index in [-0.39, 0.29) is 5.91 Å². The molecule has 0 aromatic carbocycles. The highest BCUT2D eigenvalue weighted by Crippen LogP contribution is 2.16. The van der Waals surface area contributed by atoms with Crippen LogP contribution in [0.1, 0.15) is 15.9 Å². The molecule has 2 heterocycles. The number of hydrogen-bond acceptors (Lipinski definition) is 3. The van der Waals surface area contributed by atoms with Crippen LogP contribution >= 0.6 is 11.6 Å². The van der Waals surface area contributed by atoms with Gasteiger partial charge in [0.25, 0.3) is 5.91 Å². The number of pyridine rings is 1. The number of halogens is 1. The van der Waals surface area contributed by atoms with E-state index in [0.29, 0.717) is 17.1 Å². The summed E-state index contributed by atoms with van der Waals surface area (Å²) in [6.07, 6.45) is 6.43. The molecular weight excluding hydrogens is 240 g/mol. The van der Waals surface area contributed by atoms with Crippen LogP contribution < -0.4 is 0 Å². The molecule has 0 atom stereocenters. The van der Waals surface area contributed by atoms with Crippen molar-refractivity contribution in [2.24, 2.45) is 0 Å².